The molecule has 0 amide bonds. The lowest BCUT2D eigenvalue weighted by atomic mass is 9.70. The molecular formula is C23H22BN3O2S2. The molecule has 0 fully saturated rings. The van der Waals surface area contributed by atoms with Crippen LogP contribution in [0.4, 0.5) is 5.69 Å². The van der Waals surface area contributed by atoms with Gasteiger partial charge in [0.2, 0.25) is 7.28 Å². The van der Waals surface area contributed by atoms with E-state index in [9.17, 15) is 8.42 Å². The molecule has 2 aromatic heterocycles. The summed E-state index contributed by atoms with van der Waals surface area (Å²) in [5, 5.41) is 1.97. The van der Waals surface area contributed by atoms with Crippen LogP contribution in [0.2, 0.25) is 0 Å². The van der Waals surface area contributed by atoms with Gasteiger partial charge in [-0.05, 0) is 49.3 Å². The first kappa shape index (κ1) is 21.3. The van der Waals surface area contributed by atoms with Crippen LogP contribution in [0, 0.1) is 0 Å². The van der Waals surface area contributed by atoms with Crippen molar-refractivity contribution in [2.45, 2.75) is 13.3 Å². The summed E-state index contributed by atoms with van der Waals surface area (Å²) >= 11 is 1.54. The standard InChI is InChI=1S/C23H22BN3O2S2/c1-3-18(24-23-26-21(16-30-23)20-10-7-8-13-25-20)15-19(4-2)31(28,29)27-14-12-17-9-5-6-11-22(17)27/h3-11,13,15-16,24H,2,12,14H2,1H3/b18-3+,19-15+. The zero-order valence-corrected chi connectivity index (χ0v) is 18.9. The van der Waals surface area contributed by atoms with Crippen molar-refractivity contribution < 1.29 is 8.42 Å². The molecule has 0 saturated heterocycles. The van der Waals surface area contributed by atoms with E-state index in [4.69, 9.17) is 0 Å². The second-order valence-corrected chi connectivity index (χ2v) is 9.89. The Morgan fingerprint density at radius 2 is 2.00 bits per heavy atom. The van der Waals surface area contributed by atoms with Crippen LogP contribution < -0.4 is 9.21 Å². The predicted octanol–water partition coefficient (Wildman–Crippen LogP) is 3.63. The minimum absolute atomic E-state index is 0.193. The van der Waals surface area contributed by atoms with Crippen molar-refractivity contribution in [2.75, 3.05) is 10.8 Å². The van der Waals surface area contributed by atoms with E-state index < -0.39 is 10.0 Å². The van der Waals surface area contributed by atoms with Gasteiger partial charge < -0.3 is 0 Å². The van der Waals surface area contributed by atoms with Gasteiger partial charge in [0.1, 0.15) is 0 Å². The lowest BCUT2D eigenvalue weighted by Crippen LogP contribution is -2.30. The Kier molecular flexibility index (Phi) is 6.20. The lowest BCUT2D eigenvalue weighted by molar-refractivity contribution is 0.599. The molecule has 1 aromatic carbocycles. The van der Waals surface area contributed by atoms with Gasteiger partial charge >= 0.3 is 0 Å². The van der Waals surface area contributed by atoms with Crippen molar-refractivity contribution in [3.05, 3.63) is 94.8 Å². The zero-order valence-electron chi connectivity index (χ0n) is 17.2. The average Bonchev–Trinajstić information content (AvgIpc) is 3.44. The van der Waals surface area contributed by atoms with Crippen LogP contribution in [-0.4, -0.2) is 32.2 Å². The van der Waals surface area contributed by atoms with Gasteiger partial charge in [0.15, 0.2) is 0 Å². The smallest absolute Gasteiger partial charge is 0.264 e. The molecule has 0 bridgehead atoms. The van der Waals surface area contributed by atoms with Crippen LogP contribution in [-0.2, 0) is 16.4 Å². The summed E-state index contributed by atoms with van der Waals surface area (Å²) in [6.45, 7) is 6.11. The highest BCUT2D eigenvalue weighted by Crippen LogP contribution is 2.32. The van der Waals surface area contributed by atoms with Gasteiger partial charge in [0.05, 0.1) is 26.9 Å². The molecule has 1 aliphatic heterocycles. The van der Waals surface area contributed by atoms with Gasteiger partial charge in [-0.3, -0.25) is 9.29 Å². The van der Waals surface area contributed by atoms with Crippen LogP contribution >= 0.6 is 11.3 Å². The lowest BCUT2D eigenvalue weighted by Gasteiger charge is -2.20. The number of thiazole rings is 1. The highest BCUT2D eigenvalue weighted by atomic mass is 32.2. The Bertz CT molecular complexity index is 1260. The molecule has 1 aliphatic rings. The Morgan fingerprint density at radius 1 is 1.19 bits per heavy atom. The number of hydrogen-bond donors (Lipinski definition) is 0. The molecule has 0 spiro atoms. The van der Waals surface area contributed by atoms with Crippen LogP contribution in [0.15, 0.2) is 89.2 Å². The molecule has 0 saturated carbocycles. The van der Waals surface area contributed by atoms with E-state index in [0.29, 0.717) is 20.2 Å². The fourth-order valence-electron chi connectivity index (χ4n) is 3.54. The zero-order chi connectivity index (χ0) is 21.8. The second kappa shape index (κ2) is 9.04. The van der Waals surface area contributed by atoms with Gasteiger partial charge in [-0.1, -0.05) is 42.4 Å². The first-order valence-electron chi connectivity index (χ1n) is 9.98. The number of nitrogens with zero attached hydrogens (tertiary/aromatic N) is 3. The summed E-state index contributed by atoms with van der Waals surface area (Å²) in [7, 11) is -3.15. The third-order valence-electron chi connectivity index (χ3n) is 5.17. The number of benzene rings is 1. The third-order valence-corrected chi connectivity index (χ3v) is 7.86. The fraction of sp³-hybridized carbons (Fsp3) is 0.130. The number of pyridine rings is 1. The van der Waals surface area contributed by atoms with E-state index in [1.165, 1.54) is 21.7 Å². The Hall–Kier alpha value is -2.97. The Morgan fingerprint density at radius 3 is 2.74 bits per heavy atom. The molecule has 3 heterocycles. The van der Waals surface area contributed by atoms with Gasteiger partial charge in [-0.25, -0.2) is 13.4 Å². The van der Waals surface area contributed by atoms with E-state index in [0.717, 1.165) is 33.0 Å². The second-order valence-electron chi connectivity index (χ2n) is 7.09. The molecule has 0 unspecified atom stereocenters. The highest BCUT2D eigenvalue weighted by Gasteiger charge is 2.31. The molecule has 5 nitrogen and oxygen atoms in total. The minimum Gasteiger partial charge on any atom is -0.266 e. The Balaban J connectivity index is 1.58. The number of aromatic nitrogens is 2. The minimum atomic E-state index is -3.69. The van der Waals surface area contributed by atoms with E-state index >= 15 is 0 Å². The maximum absolute atomic E-state index is 13.4. The SMILES string of the molecule is C=C/C(=C\C(Bc1nc(-c2ccccn2)cs1)=C/C)S(=O)(=O)N1CCc2ccccc21. The van der Waals surface area contributed by atoms with E-state index in [1.807, 2.05) is 60.8 Å². The molecular weight excluding hydrogens is 425 g/mol. The molecule has 3 aromatic rings. The molecule has 0 N–H and O–H groups in total. The van der Waals surface area contributed by atoms with Crippen molar-refractivity contribution in [2.24, 2.45) is 0 Å². The summed E-state index contributed by atoms with van der Waals surface area (Å²) in [6.07, 6.45) is 7.49. The first-order valence-corrected chi connectivity index (χ1v) is 12.3. The molecule has 0 atom stereocenters. The number of anilines is 1. The third kappa shape index (κ3) is 4.40. The maximum Gasteiger partial charge on any atom is 0.264 e. The van der Waals surface area contributed by atoms with E-state index in [1.54, 1.807) is 12.3 Å². The molecule has 0 aliphatic carbocycles. The summed E-state index contributed by atoms with van der Waals surface area (Å²) in [4.78, 5) is 10.1. The predicted molar refractivity (Wildman–Crippen MR) is 131 cm³/mol. The molecule has 0 radical (unpaired) electrons. The fourth-order valence-corrected chi connectivity index (χ4v) is 5.90. The first-order chi connectivity index (χ1) is 15.0. The number of hydrogen-bond acceptors (Lipinski definition) is 5. The number of allylic oxidation sites excluding steroid dienone is 4. The van der Waals surface area contributed by atoms with E-state index in [-0.39, 0.29) is 4.91 Å². The van der Waals surface area contributed by atoms with Crippen LogP contribution in [0.25, 0.3) is 11.4 Å². The molecule has 31 heavy (non-hydrogen) atoms. The maximum atomic E-state index is 13.4. The normalized spacial score (nSPS) is 14.4. The summed E-state index contributed by atoms with van der Waals surface area (Å²) in [6, 6.07) is 13.3. The number of sulfonamides is 1. The largest absolute Gasteiger partial charge is 0.266 e. The van der Waals surface area contributed by atoms with Gasteiger partial charge in [0.25, 0.3) is 10.0 Å². The van der Waals surface area contributed by atoms with Gasteiger partial charge in [-0.15, -0.1) is 11.3 Å². The topological polar surface area (TPSA) is 63.2 Å². The number of rotatable bonds is 7. The van der Waals surface area contributed by atoms with Crippen molar-refractivity contribution in [3.63, 3.8) is 0 Å². The van der Waals surface area contributed by atoms with Crippen LogP contribution in [0.5, 0.6) is 0 Å². The summed E-state index contributed by atoms with van der Waals surface area (Å²) in [5.74, 6) is 0. The molecule has 4 rings (SSSR count). The van der Waals surface area contributed by atoms with Crippen molar-refractivity contribution in [1.82, 2.24) is 9.97 Å². The average molecular weight is 447 g/mol. The summed E-state index contributed by atoms with van der Waals surface area (Å²) < 4.78 is 28.2. The number of fused-ring (bicyclic) bond motifs is 1. The molecule has 8 heteroatoms. The monoisotopic (exact) mass is 447 g/mol. The van der Waals surface area contributed by atoms with Crippen LogP contribution in [0.1, 0.15) is 12.5 Å². The van der Waals surface area contributed by atoms with Gasteiger partial charge in [-0.2, -0.15) is 0 Å². The summed E-state index contributed by atoms with van der Waals surface area (Å²) in [5.41, 5.74) is 4.31. The van der Waals surface area contributed by atoms with Crippen molar-refractivity contribution in [1.29, 1.82) is 0 Å². The van der Waals surface area contributed by atoms with Crippen molar-refractivity contribution in [3.8, 4) is 11.4 Å². The highest BCUT2D eigenvalue weighted by molar-refractivity contribution is 7.96. The number of para-hydroxylation sites is 1. The van der Waals surface area contributed by atoms with Gasteiger partial charge in [0, 0.05) is 18.1 Å². The quantitative estimate of drug-likeness (QED) is 0.410. The Labute approximate surface area is 187 Å². The van der Waals surface area contributed by atoms with E-state index in [2.05, 4.69) is 16.5 Å². The molecule has 156 valence electrons. The van der Waals surface area contributed by atoms with Crippen molar-refractivity contribution >= 4 is 39.2 Å². The van der Waals surface area contributed by atoms with Crippen LogP contribution in [0.3, 0.4) is 0 Å².